The summed E-state index contributed by atoms with van der Waals surface area (Å²) in [7, 11) is 4.75. The molecule has 4 rings (SSSR count). The van der Waals surface area contributed by atoms with E-state index in [1.165, 1.54) is 26.3 Å². The Kier molecular flexibility index (Phi) is 9.41. The van der Waals surface area contributed by atoms with E-state index in [4.69, 9.17) is 11.2 Å². The van der Waals surface area contributed by atoms with Crippen molar-refractivity contribution in [3.8, 4) is 23.5 Å². The number of terminal acetylenes is 1. The molecule has 0 spiro atoms. The van der Waals surface area contributed by atoms with Crippen molar-refractivity contribution >= 4 is 34.4 Å². The van der Waals surface area contributed by atoms with E-state index >= 15 is 4.39 Å². The number of allylic oxidation sites excluding steroid dienone is 1. The van der Waals surface area contributed by atoms with Gasteiger partial charge in [-0.3, -0.25) is 19.3 Å². The van der Waals surface area contributed by atoms with Gasteiger partial charge in [-0.1, -0.05) is 26.2 Å². The number of aryl methyl sites for hydroxylation is 2. The predicted molar refractivity (Wildman–Crippen MR) is 163 cm³/mol. The van der Waals surface area contributed by atoms with Crippen LogP contribution >= 0.6 is 0 Å². The molecule has 2 aromatic heterocycles. The number of aromatic nitrogens is 3. The Labute approximate surface area is 245 Å². The highest BCUT2D eigenvalue weighted by atomic mass is 19.1. The number of carbonyl (C=O) groups excluding carboxylic acids is 2. The molecule has 1 fully saturated rings. The summed E-state index contributed by atoms with van der Waals surface area (Å²) in [6.45, 7) is 6.01. The molecule has 1 saturated carbocycles. The normalized spacial score (nSPS) is 17.7. The van der Waals surface area contributed by atoms with Crippen LogP contribution in [0.2, 0.25) is 0 Å². The lowest BCUT2D eigenvalue weighted by Crippen LogP contribution is -2.42. The molecule has 220 valence electrons. The summed E-state index contributed by atoms with van der Waals surface area (Å²) in [6.07, 6.45) is 11.0. The molecule has 0 bridgehead atoms. The van der Waals surface area contributed by atoms with E-state index in [2.05, 4.69) is 45.5 Å². The molecule has 0 saturated heterocycles. The van der Waals surface area contributed by atoms with Gasteiger partial charge in [0.1, 0.15) is 16.9 Å². The molecule has 10 heteroatoms. The maximum absolute atomic E-state index is 15.2. The number of hydrogen-bond acceptors (Lipinski definition) is 6. The third kappa shape index (κ3) is 6.35. The number of benzene rings is 1. The minimum Gasteiger partial charge on any atom is -0.481 e. The number of aliphatic imine (C=N–C) groups is 1. The maximum Gasteiger partial charge on any atom is 0.257 e. The number of carbonyl (C=O) groups is 2. The molecule has 1 aliphatic rings. The topological polar surface area (TPSA) is 111 Å². The second-order valence-corrected chi connectivity index (χ2v) is 10.9. The lowest BCUT2D eigenvalue weighted by atomic mass is 9.85. The fraction of sp³-hybridized carbons (Fsp3) is 0.406. The number of nitrogens with zero attached hydrogens (tertiary/aromatic N) is 4. The third-order valence-electron chi connectivity index (χ3n) is 7.63. The number of rotatable bonds is 7. The first-order valence-electron chi connectivity index (χ1n) is 14.0. The highest BCUT2D eigenvalue weighted by Crippen LogP contribution is 2.34. The van der Waals surface area contributed by atoms with Crippen LogP contribution in [0.15, 0.2) is 41.0 Å². The summed E-state index contributed by atoms with van der Waals surface area (Å²) < 4.78 is 22.1. The van der Waals surface area contributed by atoms with Crippen LogP contribution in [0.5, 0.6) is 0 Å². The zero-order chi connectivity index (χ0) is 30.6. The zero-order valence-electron chi connectivity index (χ0n) is 24.9. The number of hydrogen-bond donors (Lipinski definition) is 2. The Hall–Kier alpha value is -4.52. The van der Waals surface area contributed by atoms with Gasteiger partial charge in [-0.25, -0.2) is 9.37 Å². The average molecular weight is 573 g/mol. The minimum atomic E-state index is -0.398. The molecule has 0 radical (unpaired) electrons. The van der Waals surface area contributed by atoms with Gasteiger partial charge < -0.3 is 15.4 Å². The first kappa shape index (κ1) is 30.4. The van der Waals surface area contributed by atoms with E-state index in [-0.39, 0.29) is 35.3 Å². The number of methoxy groups -OCH3 is 1. The zero-order valence-corrected chi connectivity index (χ0v) is 24.9. The van der Waals surface area contributed by atoms with E-state index in [1.54, 1.807) is 16.9 Å². The van der Waals surface area contributed by atoms with Gasteiger partial charge in [0.15, 0.2) is 5.82 Å². The van der Waals surface area contributed by atoms with E-state index in [0.29, 0.717) is 29.7 Å². The molecule has 1 aromatic carbocycles. The van der Waals surface area contributed by atoms with Crippen LogP contribution in [0.25, 0.3) is 22.0 Å². The SMILES string of the molecule is C#C/C=C(/C(=O)N[C@@H]1CCC[C@H](C(=O)Nc2cc(-c3cc(F)c4nn(C)c(C(C)C)c4c3)c(C)cn2)C1)C(=NC)OC. The number of nitrogens with one attached hydrogen (secondary N) is 2. The van der Waals surface area contributed by atoms with Crippen LogP contribution in [0.1, 0.15) is 56.7 Å². The lowest BCUT2D eigenvalue weighted by Gasteiger charge is -2.29. The number of pyridine rings is 1. The van der Waals surface area contributed by atoms with Gasteiger partial charge in [-0.15, -0.1) is 6.42 Å². The molecular weight excluding hydrogens is 535 g/mol. The van der Waals surface area contributed by atoms with Gasteiger partial charge in [0.25, 0.3) is 5.91 Å². The fourth-order valence-corrected chi connectivity index (χ4v) is 5.70. The Morgan fingerprint density at radius 3 is 2.71 bits per heavy atom. The monoisotopic (exact) mass is 572 g/mol. The highest BCUT2D eigenvalue weighted by Gasteiger charge is 2.30. The molecule has 42 heavy (non-hydrogen) atoms. The van der Waals surface area contributed by atoms with Crippen molar-refractivity contribution < 1.29 is 18.7 Å². The van der Waals surface area contributed by atoms with Crippen LogP contribution < -0.4 is 10.6 Å². The largest absolute Gasteiger partial charge is 0.481 e. The van der Waals surface area contributed by atoms with E-state index in [9.17, 15) is 9.59 Å². The summed E-state index contributed by atoms with van der Waals surface area (Å²) in [5.74, 6) is 1.73. The standard InChI is InChI=1S/C32H37FN6O3/c1-8-10-23(32(34-5)42-7)31(41)36-22-12-9-11-20(13-22)30(40)37-27-16-24(19(4)17-35-27)21-14-25-28(26(33)15-21)38-39(6)29(25)18(2)3/h1,10,14-18,20,22H,9,11-13H2,2-7H3,(H,36,41)(H,35,37,40)/b23-10-,34-32?/t20-,22+/m0/s1. The van der Waals surface area contributed by atoms with Crippen LogP contribution in [0.4, 0.5) is 10.2 Å². The van der Waals surface area contributed by atoms with Crippen molar-refractivity contribution in [1.29, 1.82) is 0 Å². The summed E-state index contributed by atoms with van der Waals surface area (Å²) in [4.78, 5) is 34.6. The lowest BCUT2D eigenvalue weighted by molar-refractivity contribution is -0.122. The van der Waals surface area contributed by atoms with Crippen molar-refractivity contribution in [2.75, 3.05) is 19.5 Å². The number of halogens is 1. The van der Waals surface area contributed by atoms with Crippen molar-refractivity contribution in [2.45, 2.75) is 58.4 Å². The molecule has 0 unspecified atom stereocenters. The summed E-state index contributed by atoms with van der Waals surface area (Å²) in [5.41, 5.74) is 3.76. The third-order valence-corrected chi connectivity index (χ3v) is 7.63. The summed E-state index contributed by atoms with van der Waals surface area (Å²) in [5, 5.41) is 11.1. The molecule has 2 heterocycles. The van der Waals surface area contributed by atoms with E-state index < -0.39 is 11.7 Å². The maximum atomic E-state index is 15.2. The van der Waals surface area contributed by atoms with Gasteiger partial charge in [0.2, 0.25) is 11.8 Å². The first-order valence-corrected chi connectivity index (χ1v) is 14.0. The van der Waals surface area contributed by atoms with E-state index in [1.807, 2.05) is 20.0 Å². The quantitative estimate of drug-likeness (QED) is 0.178. The van der Waals surface area contributed by atoms with Gasteiger partial charge in [-0.2, -0.15) is 5.10 Å². The van der Waals surface area contributed by atoms with Gasteiger partial charge in [0.05, 0.1) is 7.11 Å². The smallest absolute Gasteiger partial charge is 0.257 e. The Morgan fingerprint density at radius 1 is 1.29 bits per heavy atom. The number of fused-ring (bicyclic) bond motifs is 1. The summed E-state index contributed by atoms with van der Waals surface area (Å²) in [6, 6.07) is 4.98. The van der Waals surface area contributed by atoms with Gasteiger partial charge in [-0.05, 0) is 67.0 Å². The van der Waals surface area contributed by atoms with Gasteiger partial charge in [0, 0.05) is 49.4 Å². The van der Waals surface area contributed by atoms with Crippen molar-refractivity contribution in [3.63, 3.8) is 0 Å². The van der Waals surface area contributed by atoms with Crippen molar-refractivity contribution in [3.05, 3.63) is 53.1 Å². The fourth-order valence-electron chi connectivity index (χ4n) is 5.70. The number of anilines is 1. The van der Waals surface area contributed by atoms with Crippen molar-refractivity contribution in [2.24, 2.45) is 18.0 Å². The van der Waals surface area contributed by atoms with E-state index in [0.717, 1.165) is 35.0 Å². The average Bonchev–Trinajstić information content (AvgIpc) is 3.30. The second-order valence-electron chi connectivity index (χ2n) is 10.9. The predicted octanol–water partition coefficient (Wildman–Crippen LogP) is 5.05. The first-order chi connectivity index (χ1) is 20.1. The molecule has 0 aliphatic heterocycles. The molecule has 3 aromatic rings. The highest BCUT2D eigenvalue weighted by molar-refractivity contribution is 6.18. The van der Waals surface area contributed by atoms with Gasteiger partial charge >= 0.3 is 0 Å². The number of amides is 2. The Bertz CT molecular complexity index is 1610. The molecule has 9 nitrogen and oxygen atoms in total. The summed E-state index contributed by atoms with van der Waals surface area (Å²) >= 11 is 0. The molecule has 2 amide bonds. The molecule has 2 atom stereocenters. The Balaban J connectivity index is 1.52. The second kappa shape index (κ2) is 13.0. The van der Waals surface area contributed by atoms with Crippen LogP contribution in [0.3, 0.4) is 0 Å². The van der Waals surface area contributed by atoms with Crippen molar-refractivity contribution in [1.82, 2.24) is 20.1 Å². The van der Waals surface area contributed by atoms with Crippen LogP contribution in [-0.4, -0.2) is 52.7 Å². The number of ether oxygens (including phenoxy) is 1. The molecular formula is C32H37FN6O3. The van der Waals surface area contributed by atoms with Crippen LogP contribution in [-0.2, 0) is 21.4 Å². The molecule has 1 aliphatic carbocycles. The van der Waals surface area contributed by atoms with Crippen LogP contribution in [0, 0.1) is 31.0 Å². The Morgan fingerprint density at radius 2 is 2.05 bits per heavy atom. The molecule has 2 N–H and O–H groups in total. The minimum absolute atomic E-state index is 0.139.